The average Bonchev–Trinajstić information content (AvgIpc) is 3.24. The third-order valence-electron chi connectivity index (χ3n) is 6.51. The first kappa shape index (κ1) is 24.6. The van der Waals surface area contributed by atoms with Crippen LogP contribution < -0.4 is 14.8 Å². The van der Waals surface area contributed by atoms with E-state index in [1.807, 2.05) is 54.0 Å². The summed E-state index contributed by atoms with van der Waals surface area (Å²) in [6, 6.07) is 13.0. The van der Waals surface area contributed by atoms with E-state index < -0.39 is 6.04 Å². The van der Waals surface area contributed by atoms with Crippen LogP contribution in [0.25, 0.3) is 11.0 Å². The number of hydrogen-bond donors (Lipinski definition) is 1. The Bertz CT molecular complexity index is 1210. The Balaban J connectivity index is 1.71. The van der Waals surface area contributed by atoms with Crippen molar-refractivity contribution in [2.75, 3.05) is 26.1 Å². The minimum atomic E-state index is -0.485. The molecule has 2 heterocycles. The zero-order chi connectivity index (χ0) is 24.8. The SMILES string of the molecule is CCCCCCCCOC(=O)C1=C(C)Nc2nc3ccccc3n2[C@@H]1c1cc(OC)ccc1OC. The number of nitrogens with zero attached hydrogens (tertiary/aromatic N) is 2. The van der Waals surface area contributed by atoms with Crippen LogP contribution in [-0.2, 0) is 9.53 Å². The molecule has 35 heavy (non-hydrogen) atoms. The van der Waals surface area contributed by atoms with Crippen molar-refractivity contribution >= 4 is 23.0 Å². The quantitative estimate of drug-likeness (QED) is 0.260. The Hall–Kier alpha value is -3.48. The van der Waals surface area contributed by atoms with Crippen molar-refractivity contribution in [3.05, 3.63) is 59.3 Å². The van der Waals surface area contributed by atoms with Gasteiger partial charge in [0.25, 0.3) is 0 Å². The van der Waals surface area contributed by atoms with E-state index in [0.29, 0.717) is 29.6 Å². The topological polar surface area (TPSA) is 74.6 Å². The number of rotatable bonds is 11. The summed E-state index contributed by atoms with van der Waals surface area (Å²) >= 11 is 0. The van der Waals surface area contributed by atoms with E-state index >= 15 is 0 Å². The summed E-state index contributed by atoms with van der Waals surface area (Å²) in [5.41, 5.74) is 3.83. The van der Waals surface area contributed by atoms with Gasteiger partial charge in [0, 0.05) is 11.3 Å². The van der Waals surface area contributed by atoms with Gasteiger partial charge in [0.1, 0.15) is 11.5 Å². The van der Waals surface area contributed by atoms with E-state index in [4.69, 9.17) is 19.2 Å². The lowest BCUT2D eigenvalue weighted by Crippen LogP contribution is -2.29. The normalized spacial score (nSPS) is 15.0. The lowest BCUT2D eigenvalue weighted by Gasteiger charge is -2.31. The van der Waals surface area contributed by atoms with E-state index in [1.54, 1.807) is 14.2 Å². The van der Waals surface area contributed by atoms with Crippen LogP contribution in [0.3, 0.4) is 0 Å². The molecular formula is C28H35N3O4. The van der Waals surface area contributed by atoms with Gasteiger partial charge in [0.15, 0.2) is 0 Å². The largest absolute Gasteiger partial charge is 0.497 e. The second-order valence-corrected chi connectivity index (χ2v) is 8.87. The maximum atomic E-state index is 13.5. The van der Waals surface area contributed by atoms with Gasteiger partial charge >= 0.3 is 5.97 Å². The van der Waals surface area contributed by atoms with Crippen molar-refractivity contribution < 1.29 is 19.0 Å². The lowest BCUT2D eigenvalue weighted by molar-refractivity contribution is -0.139. The molecular weight excluding hydrogens is 442 g/mol. The summed E-state index contributed by atoms with van der Waals surface area (Å²) in [4.78, 5) is 18.3. The fraction of sp³-hybridized carbons (Fsp3) is 0.429. The average molecular weight is 478 g/mol. The molecule has 0 saturated carbocycles. The number of aromatic nitrogens is 2. The molecule has 0 aliphatic carbocycles. The number of carbonyl (C=O) groups excluding carboxylic acids is 1. The van der Waals surface area contributed by atoms with Crippen molar-refractivity contribution in [1.29, 1.82) is 0 Å². The summed E-state index contributed by atoms with van der Waals surface area (Å²) in [5, 5.41) is 3.33. The van der Waals surface area contributed by atoms with Gasteiger partial charge in [-0.25, -0.2) is 9.78 Å². The van der Waals surface area contributed by atoms with Crippen molar-refractivity contribution in [3.8, 4) is 11.5 Å². The van der Waals surface area contributed by atoms with Gasteiger partial charge in [-0.2, -0.15) is 0 Å². The number of nitrogens with one attached hydrogen (secondary N) is 1. The third-order valence-corrected chi connectivity index (χ3v) is 6.51. The first-order valence-electron chi connectivity index (χ1n) is 12.4. The molecule has 0 spiro atoms. The predicted octanol–water partition coefficient (Wildman–Crippen LogP) is 6.25. The summed E-state index contributed by atoms with van der Waals surface area (Å²) in [5.74, 6) is 1.69. The van der Waals surface area contributed by atoms with E-state index in [0.717, 1.165) is 35.1 Å². The molecule has 0 saturated heterocycles. The highest BCUT2D eigenvalue weighted by Crippen LogP contribution is 2.43. The molecule has 7 nitrogen and oxygen atoms in total. The standard InChI is InChI=1S/C28H35N3O4/c1-5-6-7-8-9-12-17-35-27(32)25-19(2)29-28-30-22-13-10-11-14-23(22)31(28)26(25)21-18-20(33-3)15-16-24(21)34-4/h10-11,13-16,18,26H,5-9,12,17H2,1-4H3,(H,29,30)/t26-/m1/s1. The number of carbonyl (C=O) groups is 1. The van der Waals surface area contributed by atoms with Crippen molar-refractivity contribution in [2.24, 2.45) is 0 Å². The Morgan fingerprint density at radius 2 is 1.80 bits per heavy atom. The second kappa shape index (κ2) is 11.3. The Morgan fingerprint density at radius 3 is 2.57 bits per heavy atom. The molecule has 1 aromatic heterocycles. The van der Waals surface area contributed by atoms with E-state index in [-0.39, 0.29) is 5.97 Å². The molecule has 1 aliphatic rings. The molecule has 186 valence electrons. The number of fused-ring (bicyclic) bond motifs is 3. The molecule has 0 fully saturated rings. The van der Waals surface area contributed by atoms with Crippen LogP contribution in [0.1, 0.15) is 64.0 Å². The second-order valence-electron chi connectivity index (χ2n) is 8.87. The number of hydrogen-bond acceptors (Lipinski definition) is 6. The molecule has 1 aliphatic heterocycles. The Labute approximate surface area is 207 Å². The number of methoxy groups -OCH3 is 2. The molecule has 0 bridgehead atoms. The summed E-state index contributed by atoms with van der Waals surface area (Å²) in [7, 11) is 3.26. The number of anilines is 1. The highest BCUT2D eigenvalue weighted by molar-refractivity contribution is 5.94. The minimum Gasteiger partial charge on any atom is -0.497 e. The van der Waals surface area contributed by atoms with Crippen molar-refractivity contribution in [3.63, 3.8) is 0 Å². The molecule has 0 radical (unpaired) electrons. The number of allylic oxidation sites excluding steroid dienone is 1. The van der Waals surface area contributed by atoms with Crippen LogP contribution in [0.15, 0.2) is 53.7 Å². The summed E-state index contributed by atoms with van der Waals surface area (Å²) in [6.07, 6.45) is 6.79. The summed E-state index contributed by atoms with van der Waals surface area (Å²) in [6.45, 7) is 4.50. The maximum absolute atomic E-state index is 13.5. The highest BCUT2D eigenvalue weighted by Gasteiger charge is 2.36. The Morgan fingerprint density at radius 1 is 1.03 bits per heavy atom. The fourth-order valence-corrected chi connectivity index (χ4v) is 4.70. The molecule has 0 amide bonds. The molecule has 1 N–H and O–H groups in total. The lowest BCUT2D eigenvalue weighted by atomic mass is 9.94. The van der Waals surface area contributed by atoms with Gasteiger partial charge < -0.3 is 19.5 Å². The van der Waals surface area contributed by atoms with Crippen LogP contribution in [0.4, 0.5) is 5.95 Å². The number of imidazole rings is 1. The zero-order valence-electron chi connectivity index (χ0n) is 21.1. The van der Waals surface area contributed by atoms with Crippen LogP contribution >= 0.6 is 0 Å². The number of unbranched alkanes of at least 4 members (excludes halogenated alkanes) is 5. The number of benzene rings is 2. The van der Waals surface area contributed by atoms with Crippen LogP contribution in [0.5, 0.6) is 11.5 Å². The third kappa shape index (κ3) is 5.14. The smallest absolute Gasteiger partial charge is 0.338 e. The van der Waals surface area contributed by atoms with Gasteiger partial charge in [0.05, 0.1) is 43.5 Å². The van der Waals surface area contributed by atoms with E-state index in [2.05, 4.69) is 12.2 Å². The maximum Gasteiger partial charge on any atom is 0.338 e. The van der Waals surface area contributed by atoms with E-state index in [9.17, 15) is 4.79 Å². The number of para-hydroxylation sites is 2. The van der Waals surface area contributed by atoms with Gasteiger partial charge in [0.2, 0.25) is 5.95 Å². The fourth-order valence-electron chi connectivity index (χ4n) is 4.70. The van der Waals surface area contributed by atoms with Gasteiger partial charge in [-0.3, -0.25) is 4.57 Å². The van der Waals surface area contributed by atoms with Crippen LogP contribution in [0, 0.1) is 0 Å². The Kier molecular flexibility index (Phi) is 7.95. The molecule has 1 atom stereocenters. The van der Waals surface area contributed by atoms with Gasteiger partial charge in [-0.1, -0.05) is 51.2 Å². The molecule has 4 rings (SSSR count). The van der Waals surface area contributed by atoms with Crippen molar-refractivity contribution in [2.45, 2.75) is 58.4 Å². The van der Waals surface area contributed by atoms with Crippen LogP contribution in [-0.4, -0.2) is 36.3 Å². The predicted molar refractivity (Wildman–Crippen MR) is 138 cm³/mol. The highest BCUT2D eigenvalue weighted by atomic mass is 16.5. The molecule has 0 unspecified atom stereocenters. The zero-order valence-corrected chi connectivity index (χ0v) is 21.1. The molecule has 2 aromatic carbocycles. The first-order chi connectivity index (χ1) is 17.1. The monoisotopic (exact) mass is 477 g/mol. The minimum absolute atomic E-state index is 0.332. The number of ether oxygens (including phenoxy) is 3. The summed E-state index contributed by atoms with van der Waals surface area (Å²) < 4.78 is 19.1. The van der Waals surface area contributed by atoms with E-state index in [1.165, 1.54) is 25.7 Å². The molecule has 3 aromatic rings. The number of esters is 1. The van der Waals surface area contributed by atoms with Crippen molar-refractivity contribution in [1.82, 2.24) is 9.55 Å². The van der Waals surface area contributed by atoms with Crippen LogP contribution in [0.2, 0.25) is 0 Å². The van der Waals surface area contributed by atoms with Gasteiger partial charge in [-0.15, -0.1) is 0 Å². The van der Waals surface area contributed by atoms with Gasteiger partial charge in [-0.05, 0) is 43.7 Å². The molecule has 7 heteroatoms. The first-order valence-corrected chi connectivity index (χ1v) is 12.4.